The van der Waals surface area contributed by atoms with E-state index in [0.29, 0.717) is 0 Å². The molecule has 0 heterocycles. The van der Waals surface area contributed by atoms with Gasteiger partial charge in [0.25, 0.3) is 10.2 Å². The lowest BCUT2D eigenvalue weighted by Crippen LogP contribution is -2.30. The topological polar surface area (TPSA) is 90.7 Å². The third-order valence-corrected chi connectivity index (χ3v) is 1.92. The summed E-state index contributed by atoms with van der Waals surface area (Å²) < 4.78 is 25.8. The van der Waals surface area contributed by atoms with Crippen LogP contribution in [-0.2, 0) is 21.7 Å². The molecule has 7 heteroatoms. The van der Waals surface area contributed by atoms with Crippen LogP contribution >= 0.6 is 0 Å². The zero-order chi connectivity index (χ0) is 11.3. The van der Waals surface area contributed by atoms with Gasteiger partial charge in [0, 0.05) is 0 Å². The molecule has 0 aromatic heterocycles. The fourth-order valence-corrected chi connectivity index (χ4v) is 1.14. The largest absolute Gasteiger partial charge is 0.497 e. The van der Waals surface area contributed by atoms with Gasteiger partial charge in [0.2, 0.25) is 0 Å². The van der Waals surface area contributed by atoms with Crippen LogP contribution in [0.2, 0.25) is 0 Å². The quantitative estimate of drug-likeness (QED) is 0.695. The predicted molar refractivity (Wildman–Crippen MR) is 54.0 cm³/mol. The second-order valence-corrected chi connectivity index (χ2v) is 4.02. The summed E-state index contributed by atoms with van der Waals surface area (Å²) >= 11 is 0. The van der Waals surface area contributed by atoms with Gasteiger partial charge in [0.1, 0.15) is 5.75 Å². The van der Waals surface area contributed by atoms with Crippen LogP contribution < -0.4 is 14.8 Å². The van der Waals surface area contributed by atoms with Gasteiger partial charge >= 0.3 is 0 Å². The Labute approximate surface area is 88.1 Å². The van der Waals surface area contributed by atoms with Crippen molar-refractivity contribution in [3.05, 3.63) is 29.8 Å². The molecule has 0 atom stereocenters. The molecule has 0 spiro atoms. The molecule has 0 saturated carbocycles. The van der Waals surface area contributed by atoms with E-state index in [1.54, 1.807) is 36.3 Å². The fourth-order valence-electron chi connectivity index (χ4n) is 0.917. The fraction of sp³-hybridized carbons (Fsp3) is 0.250. The molecule has 15 heavy (non-hydrogen) atoms. The molecule has 0 amide bonds. The minimum atomic E-state index is -3.80. The highest BCUT2D eigenvalue weighted by atomic mass is 32.2. The molecule has 0 aliphatic carbocycles. The number of rotatable bonds is 5. The SMILES string of the molecule is COc1ccc(CONS(N)(=O)=O)cc1. The Morgan fingerprint density at radius 3 is 2.40 bits per heavy atom. The first-order valence-electron chi connectivity index (χ1n) is 4.05. The van der Waals surface area contributed by atoms with Gasteiger partial charge in [-0.05, 0) is 17.7 Å². The third kappa shape index (κ3) is 4.75. The Morgan fingerprint density at radius 2 is 1.93 bits per heavy atom. The van der Waals surface area contributed by atoms with Gasteiger partial charge in [0.05, 0.1) is 13.7 Å². The number of methoxy groups -OCH3 is 1. The smallest absolute Gasteiger partial charge is 0.296 e. The Bertz CT molecular complexity index is 401. The van der Waals surface area contributed by atoms with Crippen LogP contribution in [0, 0.1) is 0 Å². The first-order chi connectivity index (χ1) is 7.01. The zero-order valence-corrected chi connectivity index (χ0v) is 8.95. The maximum Gasteiger partial charge on any atom is 0.296 e. The van der Waals surface area contributed by atoms with E-state index in [0.717, 1.165) is 11.3 Å². The normalized spacial score (nSPS) is 11.3. The molecule has 0 fully saturated rings. The maximum atomic E-state index is 10.4. The molecule has 0 aliphatic heterocycles. The lowest BCUT2D eigenvalue weighted by molar-refractivity contribution is 0.0795. The standard InChI is InChI=1S/C8H12N2O4S/c1-13-8-4-2-7(3-5-8)6-14-10-15(9,11)12/h2-5,10H,6H2,1H3,(H2,9,11,12). The van der Waals surface area contributed by atoms with E-state index >= 15 is 0 Å². The van der Waals surface area contributed by atoms with Gasteiger partial charge in [-0.15, -0.1) is 0 Å². The van der Waals surface area contributed by atoms with Gasteiger partial charge in [0.15, 0.2) is 0 Å². The van der Waals surface area contributed by atoms with Gasteiger partial charge in [-0.25, -0.2) is 5.14 Å². The minimum absolute atomic E-state index is 0.0976. The van der Waals surface area contributed by atoms with E-state index < -0.39 is 10.2 Å². The van der Waals surface area contributed by atoms with Gasteiger partial charge in [-0.2, -0.15) is 8.42 Å². The van der Waals surface area contributed by atoms with Gasteiger partial charge < -0.3 is 4.74 Å². The van der Waals surface area contributed by atoms with Crippen molar-refractivity contribution in [2.24, 2.45) is 5.14 Å². The first kappa shape index (κ1) is 11.9. The lowest BCUT2D eigenvalue weighted by atomic mass is 10.2. The van der Waals surface area contributed by atoms with Crippen LogP contribution in [-0.4, -0.2) is 15.5 Å². The highest BCUT2D eigenvalue weighted by Gasteiger charge is 2.00. The number of ether oxygens (including phenoxy) is 1. The molecular weight excluding hydrogens is 220 g/mol. The number of hydrogen-bond acceptors (Lipinski definition) is 4. The number of nitrogens with one attached hydrogen (secondary N) is 1. The summed E-state index contributed by atoms with van der Waals surface area (Å²) in [5.41, 5.74) is 0.798. The van der Waals surface area contributed by atoms with Crippen LogP contribution in [0.1, 0.15) is 5.56 Å². The van der Waals surface area contributed by atoms with E-state index in [1.165, 1.54) is 0 Å². The van der Waals surface area contributed by atoms with Gasteiger partial charge in [-0.3, -0.25) is 4.84 Å². The molecule has 0 unspecified atom stereocenters. The summed E-state index contributed by atoms with van der Waals surface area (Å²) in [5, 5.41) is 4.66. The maximum absolute atomic E-state index is 10.4. The molecule has 0 aliphatic rings. The highest BCUT2D eigenvalue weighted by molar-refractivity contribution is 7.87. The lowest BCUT2D eigenvalue weighted by Gasteiger charge is -2.04. The van der Waals surface area contributed by atoms with Crippen molar-refractivity contribution in [2.45, 2.75) is 6.61 Å². The summed E-state index contributed by atoms with van der Waals surface area (Å²) in [7, 11) is -2.24. The number of hydrogen-bond donors (Lipinski definition) is 2. The van der Waals surface area contributed by atoms with Crippen LogP contribution in [0.5, 0.6) is 5.75 Å². The second kappa shape index (κ2) is 5.08. The van der Waals surface area contributed by atoms with E-state index in [1.807, 2.05) is 0 Å². The van der Waals surface area contributed by atoms with Crippen LogP contribution in [0.25, 0.3) is 0 Å². The molecule has 0 bridgehead atoms. The summed E-state index contributed by atoms with van der Waals surface area (Å²) in [6, 6.07) is 7.00. The summed E-state index contributed by atoms with van der Waals surface area (Å²) in [6.07, 6.45) is 0. The van der Waals surface area contributed by atoms with Crippen molar-refractivity contribution in [2.75, 3.05) is 7.11 Å². The molecule has 1 rings (SSSR count). The highest BCUT2D eigenvalue weighted by Crippen LogP contribution is 2.11. The van der Waals surface area contributed by atoms with Crippen LogP contribution in [0.3, 0.4) is 0 Å². The third-order valence-electron chi connectivity index (χ3n) is 1.57. The molecule has 1 aromatic rings. The van der Waals surface area contributed by atoms with Gasteiger partial charge in [-0.1, -0.05) is 17.0 Å². The number of nitrogens with two attached hydrogens (primary N) is 1. The molecule has 6 nitrogen and oxygen atoms in total. The molecule has 1 aromatic carbocycles. The summed E-state index contributed by atoms with van der Waals surface area (Å²) in [5.74, 6) is 0.721. The summed E-state index contributed by atoms with van der Waals surface area (Å²) in [4.78, 5) is 6.37. The predicted octanol–water partition coefficient (Wildman–Crippen LogP) is -0.0801. The Hall–Kier alpha value is -1.15. The van der Waals surface area contributed by atoms with E-state index in [9.17, 15) is 8.42 Å². The Kier molecular flexibility index (Phi) is 4.04. The molecular formula is C8H12N2O4S. The van der Waals surface area contributed by atoms with Crippen molar-refractivity contribution in [3.63, 3.8) is 0 Å². The van der Waals surface area contributed by atoms with Crippen molar-refractivity contribution in [3.8, 4) is 5.75 Å². The van der Waals surface area contributed by atoms with Crippen molar-refractivity contribution < 1.29 is 18.0 Å². The van der Waals surface area contributed by atoms with Crippen LogP contribution in [0.15, 0.2) is 24.3 Å². The Balaban J connectivity index is 2.45. The Morgan fingerprint density at radius 1 is 1.33 bits per heavy atom. The molecule has 0 saturated heterocycles. The molecule has 3 N–H and O–H groups in total. The van der Waals surface area contributed by atoms with E-state index in [4.69, 9.17) is 4.74 Å². The van der Waals surface area contributed by atoms with Crippen LogP contribution in [0.4, 0.5) is 0 Å². The van der Waals surface area contributed by atoms with E-state index in [-0.39, 0.29) is 6.61 Å². The van der Waals surface area contributed by atoms with E-state index in [2.05, 4.69) is 9.98 Å². The summed E-state index contributed by atoms with van der Waals surface area (Å²) in [6.45, 7) is 0.0976. The minimum Gasteiger partial charge on any atom is -0.497 e. The first-order valence-corrected chi connectivity index (χ1v) is 5.60. The van der Waals surface area contributed by atoms with Crippen molar-refractivity contribution >= 4 is 10.2 Å². The molecule has 84 valence electrons. The van der Waals surface area contributed by atoms with Crippen molar-refractivity contribution in [1.29, 1.82) is 0 Å². The molecule has 0 radical (unpaired) electrons. The monoisotopic (exact) mass is 232 g/mol. The average molecular weight is 232 g/mol. The number of benzene rings is 1. The second-order valence-electron chi connectivity index (χ2n) is 2.77. The zero-order valence-electron chi connectivity index (χ0n) is 8.14. The average Bonchev–Trinajstić information content (AvgIpc) is 2.17. The van der Waals surface area contributed by atoms with Crippen molar-refractivity contribution in [1.82, 2.24) is 4.89 Å².